The lowest BCUT2D eigenvalue weighted by Gasteiger charge is -2.09. The molecule has 0 aliphatic carbocycles. The quantitative estimate of drug-likeness (QED) is 0.618. The van der Waals surface area contributed by atoms with E-state index in [1.54, 1.807) is 4.72 Å². The number of carboxylic acids is 1. The van der Waals surface area contributed by atoms with Gasteiger partial charge in [-0.1, -0.05) is 0 Å². The number of carbonyl (C=O) groups is 2. The largest absolute Gasteiger partial charge is 0.481 e. The van der Waals surface area contributed by atoms with Crippen LogP contribution in [0, 0.1) is 0 Å². The first-order valence-electron chi connectivity index (χ1n) is 6.25. The van der Waals surface area contributed by atoms with E-state index in [1.165, 1.54) is 20.3 Å². The van der Waals surface area contributed by atoms with E-state index in [0.717, 1.165) is 5.38 Å². The summed E-state index contributed by atoms with van der Waals surface area (Å²) in [6.07, 6.45) is 0. The third-order valence-corrected chi connectivity index (χ3v) is 4.70. The molecule has 0 atom stereocenters. The van der Waals surface area contributed by atoms with Crippen molar-refractivity contribution in [3.8, 4) is 11.8 Å². The Labute approximate surface area is 145 Å². The number of aromatic nitrogens is 3. The molecule has 25 heavy (non-hydrogen) atoms. The first-order chi connectivity index (χ1) is 11.8. The van der Waals surface area contributed by atoms with E-state index in [4.69, 9.17) is 14.6 Å². The zero-order valence-corrected chi connectivity index (χ0v) is 14.3. The molecule has 3 N–H and O–H groups in total. The number of anilines is 1. The van der Waals surface area contributed by atoms with Crippen LogP contribution < -0.4 is 19.5 Å². The van der Waals surface area contributed by atoms with Crippen molar-refractivity contribution in [3.63, 3.8) is 0 Å². The third kappa shape index (κ3) is 4.30. The lowest BCUT2D eigenvalue weighted by molar-refractivity contribution is 0.0687. The van der Waals surface area contributed by atoms with E-state index in [2.05, 4.69) is 19.7 Å². The number of rotatable bonds is 6. The maximum atomic E-state index is 12.1. The number of aromatic carboxylic acids is 1. The summed E-state index contributed by atoms with van der Waals surface area (Å²) in [4.78, 5) is 29.8. The van der Waals surface area contributed by atoms with E-state index in [1.807, 2.05) is 0 Å². The van der Waals surface area contributed by atoms with Crippen LogP contribution >= 0.6 is 11.5 Å². The number of hydrogen-bond acceptors (Lipinski definition) is 10. The second-order valence-corrected chi connectivity index (χ2v) is 6.45. The minimum Gasteiger partial charge on any atom is -0.481 e. The number of hydrogen-bond donors (Lipinski definition) is 3. The van der Waals surface area contributed by atoms with Crippen molar-refractivity contribution in [2.75, 3.05) is 19.5 Å². The number of nitrogens with zero attached hydrogens (tertiary/aromatic N) is 3. The Morgan fingerprint density at radius 3 is 2.32 bits per heavy atom. The van der Waals surface area contributed by atoms with Gasteiger partial charge in [-0.3, -0.25) is 5.32 Å². The van der Waals surface area contributed by atoms with Gasteiger partial charge in [-0.05, 0) is 11.5 Å². The second kappa shape index (κ2) is 7.27. The van der Waals surface area contributed by atoms with Crippen LogP contribution in [-0.4, -0.2) is 54.1 Å². The molecule has 0 saturated carbocycles. The number of carbonyl (C=O) groups excluding carboxylic acids is 1. The van der Waals surface area contributed by atoms with Crippen LogP contribution in [0.1, 0.15) is 10.5 Å². The van der Waals surface area contributed by atoms with Crippen LogP contribution in [0.5, 0.6) is 11.8 Å². The van der Waals surface area contributed by atoms with Crippen molar-refractivity contribution in [2.24, 2.45) is 0 Å². The van der Waals surface area contributed by atoms with Gasteiger partial charge in [0.1, 0.15) is 4.90 Å². The predicted molar refractivity (Wildman–Crippen MR) is 83.5 cm³/mol. The van der Waals surface area contributed by atoms with Crippen molar-refractivity contribution >= 4 is 39.5 Å². The topological polar surface area (TPSA) is 170 Å². The molecule has 0 aliphatic rings. The van der Waals surface area contributed by atoms with Gasteiger partial charge in [0.2, 0.25) is 17.7 Å². The zero-order chi connectivity index (χ0) is 18.6. The number of amides is 2. The number of nitrogens with one attached hydrogen (secondary N) is 2. The molecule has 0 fully saturated rings. The average molecular weight is 389 g/mol. The predicted octanol–water partition coefficient (Wildman–Crippen LogP) is 0.159. The molecule has 2 aromatic heterocycles. The number of urea groups is 1. The molecule has 0 saturated heterocycles. The molecule has 2 aromatic rings. The third-order valence-electron chi connectivity index (χ3n) is 2.58. The van der Waals surface area contributed by atoms with E-state index in [0.29, 0.717) is 11.5 Å². The molecule has 0 aliphatic heterocycles. The fourth-order valence-electron chi connectivity index (χ4n) is 1.54. The molecule has 0 bridgehead atoms. The standard InChI is InChI=1S/C11H11N5O7S2/c1-22-6-3-7(23-2)13-10(12-6)14-11(19)16-25(20,21)5-4-24-15-8(5)9(17)18/h3-4H,1-2H3,(H,17,18)(H2,12,13,14,16,19). The van der Waals surface area contributed by atoms with Gasteiger partial charge in [0.05, 0.1) is 20.3 Å². The van der Waals surface area contributed by atoms with Crippen LogP contribution in [0.2, 0.25) is 0 Å². The number of carboxylic acid groups (broad SMARTS) is 1. The fourth-order valence-corrected chi connectivity index (χ4v) is 3.56. The maximum Gasteiger partial charge on any atom is 0.357 e. The molecule has 2 amide bonds. The lowest BCUT2D eigenvalue weighted by Crippen LogP contribution is -2.35. The highest BCUT2D eigenvalue weighted by Crippen LogP contribution is 2.19. The summed E-state index contributed by atoms with van der Waals surface area (Å²) in [7, 11) is -1.80. The van der Waals surface area contributed by atoms with Gasteiger partial charge in [0.25, 0.3) is 10.0 Å². The van der Waals surface area contributed by atoms with Crippen molar-refractivity contribution in [1.82, 2.24) is 19.1 Å². The monoisotopic (exact) mass is 389 g/mol. The summed E-state index contributed by atoms with van der Waals surface area (Å²) >= 11 is 0.623. The van der Waals surface area contributed by atoms with Crippen LogP contribution in [0.25, 0.3) is 0 Å². The molecule has 12 nitrogen and oxygen atoms in total. The smallest absolute Gasteiger partial charge is 0.357 e. The van der Waals surface area contributed by atoms with Gasteiger partial charge in [-0.15, -0.1) is 0 Å². The van der Waals surface area contributed by atoms with Crippen molar-refractivity contribution in [1.29, 1.82) is 0 Å². The minimum atomic E-state index is -4.46. The molecule has 14 heteroatoms. The fraction of sp³-hybridized carbons (Fsp3) is 0.182. The lowest BCUT2D eigenvalue weighted by atomic mass is 10.4. The summed E-state index contributed by atoms with van der Waals surface area (Å²) in [6.45, 7) is 0. The van der Waals surface area contributed by atoms with Gasteiger partial charge in [0.15, 0.2) is 5.69 Å². The Kier molecular flexibility index (Phi) is 5.33. The van der Waals surface area contributed by atoms with Gasteiger partial charge in [0, 0.05) is 5.38 Å². The normalized spacial score (nSPS) is 10.8. The number of sulfonamides is 1. The molecule has 2 heterocycles. The van der Waals surface area contributed by atoms with Gasteiger partial charge >= 0.3 is 12.0 Å². The van der Waals surface area contributed by atoms with Gasteiger partial charge < -0.3 is 14.6 Å². The van der Waals surface area contributed by atoms with Gasteiger partial charge in [-0.25, -0.2) is 22.7 Å². The van der Waals surface area contributed by atoms with Gasteiger partial charge in [-0.2, -0.15) is 14.3 Å². The summed E-state index contributed by atoms with van der Waals surface area (Å²) in [5, 5.41) is 12.0. The Balaban J connectivity index is 2.19. The van der Waals surface area contributed by atoms with Crippen molar-refractivity contribution < 1.29 is 32.6 Å². The maximum absolute atomic E-state index is 12.1. The molecular formula is C11H11N5O7S2. The second-order valence-electron chi connectivity index (χ2n) is 4.17. The van der Waals surface area contributed by atoms with Crippen LogP contribution in [0.3, 0.4) is 0 Å². The Bertz CT molecular complexity index is 889. The summed E-state index contributed by atoms with van der Waals surface area (Å²) in [5.41, 5.74) is -0.690. The van der Waals surface area contributed by atoms with E-state index in [9.17, 15) is 18.0 Å². The molecule has 0 spiro atoms. The van der Waals surface area contributed by atoms with Crippen LogP contribution in [0.4, 0.5) is 10.7 Å². The molecule has 2 rings (SSSR count). The molecule has 0 unspecified atom stereocenters. The number of methoxy groups -OCH3 is 2. The van der Waals surface area contributed by atoms with E-state index >= 15 is 0 Å². The molecule has 134 valence electrons. The average Bonchev–Trinajstić information content (AvgIpc) is 3.04. The highest BCUT2D eigenvalue weighted by molar-refractivity contribution is 7.90. The Hall–Kier alpha value is -3.00. The number of ether oxygens (including phenoxy) is 2. The summed E-state index contributed by atoms with van der Waals surface area (Å²) in [6, 6.07) is 0.133. The highest BCUT2D eigenvalue weighted by atomic mass is 32.2. The Morgan fingerprint density at radius 1 is 1.20 bits per heavy atom. The zero-order valence-electron chi connectivity index (χ0n) is 12.7. The first-order valence-corrected chi connectivity index (χ1v) is 8.57. The van der Waals surface area contributed by atoms with E-state index < -0.39 is 32.6 Å². The van der Waals surface area contributed by atoms with E-state index in [-0.39, 0.29) is 17.7 Å². The summed E-state index contributed by atoms with van der Waals surface area (Å²) < 4.78 is 39.1. The van der Waals surface area contributed by atoms with Crippen LogP contribution in [0.15, 0.2) is 16.3 Å². The minimum absolute atomic E-state index is 0.0696. The Morgan fingerprint density at radius 2 is 1.80 bits per heavy atom. The highest BCUT2D eigenvalue weighted by Gasteiger charge is 2.27. The SMILES string of the molecule is COc1cc(OC)nc(NC(=O)NS(=O)(=O)c2csnc2C(=O)O)n1. The van der Waals surface area contributed by atoms with Crippen molar-refractivity contribution in [2.45, 2.75) is 4.90 Å². The van der Waals surface area contributed by atoms with Crippen LogP contribution in [-0.2, 0) is 10.0 Å². The first kappa shape index (κ1) is 18.3. The van der Waals surface area contributed by atoms with Crippen molar-refractivity contribution in [3.05, 3.63) is 17.1 Å². The molecule has 0 radical (unpaired) electrons. The summed E-state index contributed by atoms with van der Waals surface area (Å²) in [5.74, 6) is -1.69. The molecular weight excluding hydrogens is 378 g/mol. The molecule has 0 aromatic carbocycles.